The van der Waals surface area contributed by atoms with Crippen molar-refractivity contribution in [3.63, 3.8) is 0 Å². The predicted octanol–water partition coefficient (Wildman–Crippen LogP) is 2.01. The maximum absolute atomic E-state index is 13.0. The van der Waals surface area contributed by atoms with Gasteiger partial charge in [0.1, 0.15) is 5.82 Å². The lowest BCUT2D eigenvalue weighted by molar-refractivity contribution is 0.511. The zero-order valence-corrected chi connectivity index (χ0v) is 11.0. The molecule has 92 valence electrons. The van der Waals surface area contributed by atoms with E-state index < -0.39 is 7.59 Å². The molecular formula is C11H17N4OP. The van der Waals surface area contributed by atoms with Crippen LogP contribution in [-0.4, -0.2) is 39.5 Å². The zero-order chi connectivity index (χ0) is 12.0. The molecular weight excluding hydrogens is 235 g/mol. The summed E-state index contributed by atoms with van der Waals surface area (Å²) in [5, 5.41) is 3.14. The molecule has 2 fully saturated rings. The Bertz CT molecular complexity index is 446. The van der Waals surface area contributed by atoms with Gasteiger partial charge in [0, 0.05) is 31.4 Å². The van der Waals surface area contributed by atoms with Gasteiger partial charge in [-0.25, -0.2) is 14.3 Å². The molecule has 2 aliphatic heterocycles. The van der Waals surface area contributed by atoms with Crippen molar-refractivity contribution >= 4 is 13.4 Å². The zero-order valence-electron chi connectivity index (χ0n) is 10.1. The molecule has 3 heterocycles. The average molecular weight is 252 g/mol. The summed E-state index contributed by atoms with van der Waals surface area (Å²) in [4.78, 5) is 4.20. The van der Waals surface area contributed by atoms with Gasteiger partial charge in [0.15, 0.2) is 0 Å². The van der Waals surface area contributed by atoms with Crippen molar-refractivity contribution < 1.29 is 4.57 Å². The first kappa shape index (κ1) is 11.2. The molecule has 3 rings (SSSR count). The second kappa shape index (κ2) is 3.80. The van der Waals surface area contributed by atoms with E-state index in [1.54, 1.807) is 6.20 Å². The normalized spacial score (nSPS) is 38.2. The summed E-state index contributed by atoms with van der Waals surface area (Å²) in [7, 11) is -2.62. The second-order valence-electron chi connectivity index (χ2n) is 4.81. The van der Waals surface area contributed by atoms with E-state index >= 15 is 0 Å². The molecule has 0 amide bonds. The second-order valence-corrected chi connectivity index (χ2v) is 7.15. The summed E-state index contributed by atoms with van der Waals surface area (Å²) in [6.45, 7) is 6.00. The summed E-state index contributed by atoms with van der Waals surface area (Å²) < 4.78 is 17.1. The highest BCUT2D eigenvalue weighted by molar-refractivity contribution is 7.61. The van der Waals surface area contributed by atoms with Crippen LogP contribution in [0.1, 0.15) is 13.8 Å². The van der Waals surface area contributed by atoms with Crippen LogP contribution in [-0.2, 0) is 4.57 Å². The molecule has 5 nitrogen and oxygen atoms in total. The van der Waals surface area contributed by atoms with Crippen molar-refractivity contribution in [2.24, 2.45) is 0 Å². The molecule has 1 aromatic heterocycles. The maximum atomic E-state index is 13.0. The van der Waals surface area contributed by atoms with Crippen LogP contribution in [0.2, 0.25) is 0 Å². The third-order valence-corrected chi connectivity index (χ3v) is 6.30. The van der Waals surface area contributed by atoms with Gasteiger partial charge in [0.2, 0.25) is 0 Å². The topological polar surface area (TPSA) is 48.0 Å². The summed E-state index contributed by atoms with van der Waals surface area (Å²) >= 11 is 0. The Kier molecular flexibility index (Phi) is 2.51. The molecule has 0 aliphatic carbocycles. The minimum atomic E-state index is -2.62. The standard InChI is InChI=1S/C11H17N4OP/c1-9-7-14(9)17(16,15-8-10(15)2)13-11-5-3-4-6-12-11/h3-6,9-10H,7-8H2,1-2H3,(H,12,13,16)/t9-,10-,14?,15?,17?/m0/s1. The van der Waals surface area contributed by atoms with Crippen LogP contribution < -0.4 is 5.09 Å². The fraction of sp³-hybridized carbons (Fsp3) is 0.545. The van der Waals surface area contributed by atoms with E-state index in [4.69, 9.17) is 0 Å². The monoisotopic (exact) mass is 252 g/mol. The SMILES string of the molecule is C[C@H]1CN1P(=O)(Nc1ccccn1)N1C[C@@H]1C. The Morgan fingerprint density at radius 2 is 1.88 bits per heavy atom. The lowest BCUT2D eigenvalue weighted by Crippen LogP contribution is -2.15. The van der Waals surface area contributed by atoms with Crippen LogP contribution in [0.3, 0.4) is 0 Å². The molecule has 17 heavy (non-hydrogen) atoms. The Labute approximate surface area is 101 Å². The highest BCUT2D eigenvalue weighted by Gasteiger charge is 2.55. The minimum absolute atomic E-state index is 0.407. The Balaban J connectivity index is 1.83. The van der Waals surface area contributed by atoms with Crippen molar-refractivity contribution in [1.82, 2.24) is 14.3 Å². The van der Waals surface area contributed by atoms with Crippen molar-refractivity contribution in [3.05, 3.63) is 24.4 Å². The predicted molar refractivity (Wildman–Crippen MR) is 67.8 cm³/mol. The van der Waals surface area contributed by atoms with Crippen LogP contribution in [0.15, 0.2) is 24.4 Å². The van der Waals surface area contributed by atoms with Crippen LogP contribution in [0.25, 0.3) is 0 Å². The third kappa shape index (κ3) is 1.99. The fourth-order valence-corrected chi connectivity index (χ4v) is 5.02. The Morgan fingerprint density at radius 3 is 2.29 bits per heavy atom. The number of nitrogens with one attached hydrogen (secondary N) is 1. The summed E-state index contributed by atoms with van der Waals surface area (Å²) in [6.07, 6.45) is 1.71. The van der Waals surface area contributed by atoms with Gasteiger partial charge in [-0.05, 0) is 26.0 Å². The van der Waals surface area contributed by atoms with E-state index in [1.807, 2.05) is 27.5 Å². The molecule has 2 saturated heterocycles. The van der Waals surface area contributed by atoms with E-state index in [2.05, 4.69) is 23.9 Å². The van der Waals surface area contributed by atoms with E-state index in [0.29, 0.717) is 17.9 Å². The van der Waals surface area contributed by atoms with Crippen molar-refractivity contribution in [1.29, 1.82) is 0 Å². The van der Waals surface area contributed by atoms with Gasteiger partial charge in [-0.3, -0.25) is 9.65 Å². The minimum Gasteiger partial charge on any atom is -0.297 e. The van der Waals surface area contributed by atoms with Crippen LogP contribution >= 0.6 is 7.59 Å². The number of nitrogens with zero attached hydrogens (tertiary/aromatic N) is 3. The Hall–Kier alpha value is -0.900. The number of hydrogen-bond acceptors (Lipinski definition) is 2. The molecule has 1 N–H and O–H groups in total. The van der Waals surface area contributed by atoms with Crippen LogP contribution in [0.5, 0.6) is 0 Å². The summed E-state index contributed by atoms with van der Waals surface area (Å²) in [5.41, 5.74) is 0. The van der Waals surface area contributed by atoms with E-state index in [1.165, 1.54) is 0 Å². The van der Waals surface area contributed by atoms with Gasteiger partial charge in [-0.15, -0.1) is 0 Å². The molecule has 0 radical (unpaired) electrons. The number of hydrogen-bond donors (Lipinski definition) is 1. The third-order valence-electron chi connectivity index (χ3n) is 3.27. The first-order valence-electron chi connectivity index (χ1n) is 5.95. The largest absolute Gasteiger partial charge is 0.310 e. The van der Waals surface area contributed by atoms with E-state index in [9.17, 15) is 4.57 Å². The van der Waals surface area contributed by atoms with E-state index in [0.717, 1.165) is 13.1 Å². The molecule has 0 bridgehead atoms. The van der Waals surface area contributed by atoms with Crippen molar-refractivity contribution in [2.75, 3.05) is 18.2 Å². The van der Waals surface area contributed by atoms with Gasteiger partial charge < -0.3 is 0 Å². The van der Waals surface area contributed by atoms with E-state index in [-0.39, 0.29) is 0 Å². The maximum Gasteiger partial charge on any atom is 0.310 e. The molecule has 2 aliphatic rings. The number of pyridine rings is 1. The van der Waals surface area contributed by atoms with Crippen molar-refractivity contribution in [2.45, 2.75) is 25.9 Å². The average Bonchev–Trinajstić information content (AvgIpc) is 3.19. The molecule has 4 atom stereocenters. The highest BCUT2D eigenvalue weighted by Crippen LogP contribution is 2.63. The Morgan fingerprint density at radius 1 is 1.29 bits per heavy atom. The van der Waals surface area contributed by atoms with Gasteiger partial charge in [-0.2, -0.15) is 0 Å². The lowest BCUT2D eigenvalue weighted by Gasteiger charge is -2.22. The van der Waals surface area contributed by atoms with Gasteiger partial charge in [-0.1, -0.05) is 6.07 Å². The number of rotatable bonds is 4. The summed E-state index contributed by atoms with van der Waals surface area (Å²) in [5.74, 6) is 0.689. The molecule has 0 saturated carbocycles. The lowest BCUT2D eigenvalue weighted by atomic mass is 10.5. The molecule has 1 aromatic rings. The van der Waals surface area contributed by atoms with Crippen LogP contribution in [0, 0.1) is 0 Å². The fourth-order valence-electron chi connectivity index (χ4n) is 2.06. The number of anilines is 1. The number of aromatic nitrogens is 1. The first-order chi connectivity index (χ1) is 8.11. The molecule has 0 aromatic carbocycles. The van der Waals surface area contributed by atoms with Gasteiger partial charge in [0.25, 0.3) is 0 Å². The first-order valence-corrected chi connectivity index (χ1v) is 7.56. The quantitative estimate of drug-likeness (QED) is 0.656. The molecule has 0 spiro atoms. The summed E-state index contributed by atoms with van der Waals surface area (Å²) in [6, 6.07) is 6.43. The van der Waals surface area contributed by atoms with Gasteiger partial charge >= 0.3 is 7.59 Å². The van der Waals surface area contributed by atoms with Crippen LogP contribution in [0.4, 0.5) is 5.82 Å². The molecule has 6 heteroatoms. The van der Waals surface area contributed by atoms with Crippen molar-refractivity contribution in [3.8, 4) is 0 Å². The molecule has 2 unspecified atom stereocenters. The highest BCUT2D eigenvalue weighted by atomic mass is 31.2. The smallest absolute Gasteiger partial charge is 0.297 e. The van der Waals surface area contributed by atoms with Gasteiger partial charge in [0.05, 0.1) is 0 Å².